The minimum atomic E-state index is -1.00. The van der Waals surface area contributed by atoms with E-state index < -0.39 is 12.0 Å². The van der Waals surface area contributed by atoms with Gasteiger partial charge in [0.25, 0.3) is 0 Å². The van der Waals surface area contributed by atoms with Gasteiger partial charge in [0, 0.05) is 18.8 Å². The molecule has 0 aliphatic carbocycles. The van der Waals surface area contributed by atoms with Gasteiger partial charge >= 0.3 is 5.97 Å². The molecule has 0 radical (unpaired) electrons. The molecule has 0 aromatic carbocycles. The van der Waals surface area contributed by atoms with Crippen molar-refractivity contribution < 1.29 is 14.6 Å². The summed E-state index contributed by atoms with van der Waals surface area (Å²) in [7, 11) is 0. The summed E-state index contributed by atoms with van der Waals surface area (Å²) >= 11 is 0. The number of carbonyl (C=O) groups is 1. The average molecular weight is 279 g/mol. The first kappa shape index (κ1) is 14.7. The molecule has 3 N–H and O–H groups in total. The summed E-state index contributed by atoms with van der Waals surface area (Å²) in [5.74, 6) is -0.437. The standard InChI is InChI=1S/C14H21N3O3/c15-12(14(18)19)9-11-3-4-13(16-10-11)20-8-7-17-5-1-2-6-17/h3-4,10,12H,1-2,5-9,15H2,(H,18,19)/t12-/m0/s1. The van der Waals surface area contributed by atoms with E-state index in [-0.39, 0.29) is 6.42 Å². The Labute approximate surface area is 118 Å². The van der Waals surface area contributed by atoms with Crippen LogP contribution < -0.4 is 10.5 Å². The molecule has 0 unspecified atom stereocenters. The second-order valence-electron chi connectivity index (χ2n) is 5.05. The molecule has 0 bridgehead atoms. The molecular weight excluding hydrogens is 258 g/mol. The third-order valence-corrected chi connectivity index (χ3v) is 3.43. The second kappa shape index (κ2) is 7.21. The lowest BCUT2D eigenvalue weighted by molar-refractivity contribution is -0.138. The first-order valence-corrected chi connectivity index (χ1v) is 6.93. The van der Waals surface area contributed by atoms with Crippen molar-refractivity contribution in [3.63, 3.8) is 0 Å². The highest BCUT2D eigenvalue weighted by Gasteiger charge is 2.13. The highest BCUT2D eigenvalue weighted by atomic mass is 16.5. The molecule has 1 atom stereocenters. The van der Waals surface area contributed by atoms with Crippen LogP contribution in [-0.4, -0.2) is 53.2 Å². The lowest BCUT2D eigenvalue weighted by Gasteiger charge is -2.14. The van der Waals surface area contributed by atoms with Gasteiger partial charge in [-0.2, -0.15) is 0 Å². The quantitative estimate of drug-likeness (QED) is 0.756. The van der Waals surface area contributed by atoms with Gasteiger partial charge in [0.2, 0.25) is 5.88 Å². The summed E-state index contributed by atoms with van der Waals surface area (Å²) in [6.45, 7) is 3.86. The fraction of sp³-hybridized carbons (Fsp3) is 0.571. The minimum Gasteiger partial charge on any atom is -0.480 e. The van der Waals surface area contributed by atoms with Gasteiger partial charge in [-0.3, -0.25) is 9.69 Å². The number of aliphatic carboxylic acids is 1. The van der Waals surface area contributed by atoms with Gasteiger partial charge < -0.3 is 15.6 Å². The summed E-state index contributed by atoms with van der Waals surface area (Å²) in [6, 6.07) is 2.67. The first-order chi connectivity index (χ1) is 9.65. The Balaban J connectivity index is 1.74. The number of hydrogen-bond acceptors (Lipinski definition) is 5. The van der Waals surface area contributed by atoms with Crippen molar-refractivity contribution >= 4 is 5.97 Å². The van der Waals surface area contributed by atoms with E-state index in [1.807, 2.05) is 0 Å². The zero-order valence-electron chi connectivity index (χ0n) is 11.5. The number of carboxylic acids is 1. The molecule has 1 aliphatic heterocycles. The number of pyridine rings is 1. The smallest absolute Gasteiger partial charge is 0.320 e. The maximum atomic E-state index is 10.7. The largest absolute Gasteiger partial charge is 0.480 e. The van der Waals surface area contributed by atoms with Crippen molar-refractivity contribution in [2.45, 2.75) is 25.3 Å². The molecule has 2 rings (SSSR count). The molecule has 20 heavy (non-hydrogen) atoms. The predicted molar refractivity (Wildman–Crippen MR) is 74.7 cm³/mol. The highest BCUT2D eigenvalue weighted by Crippen LogP contribution is 2.10. The molecular formula is C14H21N3O3. The first-order valence-electron chi connectivity index (χ1n) is 6.93. The molecule has 1 saturated heterocycles. The van der Waals surface area contributed by atoms with Crippen molar-refractivity contribution in [3.05, 3.63) is 23.9 Å². The van der Waals surface area contributed by atoms with E-state index in [0.29, 0.717) is 12.5 Å². The number of nitrogens with two attached hydrogens (primary N) is 1. The molecule has 0 amide bonds. The van der Waals surface area contributed by atoms with E-state index in [2.05, 4.69) is 9.88 Å². The third kappa shape index (κ3) is 4.47. The number of ether oxygens (including phenoxy) is 1. The lowest BCUT2D eigenvalue weighted by Crippen LogP contribution is -2.32. The Hall–Kier alpha value is -1.66. The van der Waals surface area contributed by atoms with Crippen LogP contribution in [0.1, 0.15) is 18.4 Å². The van der Waals surface area contributed by atoms with Crippen LogP contribution in [0.4, 0.5) is 0 Å². The fourth-order valence-electron chi connectivity index (χ4n) is 2.24. The van der Waals surface area contributed by atoms with Crippen LogP contribution in [-0.2, 0) is 11.2 Å². The predicted octanol–water partition coefficient (Wildman–Crippen LogP) is 0.511. The van der Waals surface area contributed by atoms with E-state index in [1.54, 1.807) is 18.3 Å². The SMILES string of the molecule is N[C@@H](Cc1ccc(OCCN2CCCC2)nc1)C(=O)O. The molecule has 1 aromatic heterocycles. The van der Waals surface area contributed by atoms with E-state index in [9.17, 15) is 4.79 Å². The van der Waals surface area contributed by atoms with Crippen molar-refractivity contribution in [2.24, 2.45) is 5.73 Å². The van der Waals surface area contributed by atoms with Gasteiger partial charge in [0.05, 0.1) is 0 Å². The molecule has 0 spiro atoms. The summed E-state index contributed by atoms with van der Waals surface area (Å²) < 4.78 is 5.58. The van der Waals surface area contributed by atoms with Crippen LogP contribution in [0.2, 0.25) is 0 Å². The maximum Gasteiger partial charge on any atom is 0.320 e. The number of rotatable bonds is 7. The molecule has 2 heterocycles. The number of likely N-dealkylation sites (tertiary alicyclic amines) is 1. The summed E-state index contributed by atoms with van der Waals surface area (Å²) in [6.07, 6.45) is 4.44. The number of nitrogens with zero attached hydrogens (tertiary/aromatic N) is 2. The Morgan fingerprint density at radius 3 is 2.80 bits per heavy atom. The minimum absolute atomic E-state index is 0.274. The summed E-state index contributed by atoms with van der Waals surface area (Å²) in [5.41, 5.74) is 6.27. The van der Waals surface area contributed by atoms with Crippen LogP contribution in [0.3, 0.4) is 0 Å². The van der Waals surface area contributed by atoms with Crippen LogP contribution in [0, 0.1) is 0 Å². The van der Waals surface area contributed by atoms with E-state index in [4.69, 9.17) is 15.6 Å². The average Bonchev–Trinajstić information content (AvgIpc) is 2.94. The molecule has 6 heteroatoms. The van der Waals surface area contributed by atoms with E-state index in [0.717, 1.165) is 25.2 Å². The van der Waals surface area contributed by atoms with Gasteiger partial charge in [-0.25, -0.2) is 4.98 Å². The highest BCUT2D eigenvalue weighted by molar-refractivity contribution is 5.73. The molecule has 1 fully saturated rings. The molecule has 1 aromatic rings. The van der Waals surface area contributed by atoms with Gasteiger partial charge in [0.1, 0.15) is 12.6 Å². The monoisotopic (exact) mass is 279 g/mol. The Bertz CT molecular complexity index is 430. The van der Waals surface area contributed by atoms with Crippen LogP contribution in [0.25, 0.3) is 0 Å². The second-order valence-corrected chi connectivity index (χ2v) is 5.05. The van der Waals surface area contributed by atoms with Crippen LogP contribution >= 0.6 is 0 Å². The zero-order valence-corrected chi connectivity index (χ0v) is 11.5. The number of carboxylic acid groups (broad SMARTS) is 1. The van der Waals surface area contributed by atoms with Crippen molar-refractivity contribution in [1.29, 1.82) is 0 Å². The van der Waals surface area contributed by atoms with Gasteiger partial charge in [-0.05, 0) is 37.9 Å². The van der Waals surface area contributed by atoms with Crippen molar-refractivity contribution in [2.75, 3.05) is 26.2 Å². The molecule has 1 aliphatic rings. The van der Waals surface area contributed by atoms with E-state index >= 15 is 0 Å². The Morgan fingerprint density at radius 1 is 1.45 bits per heavy atom. The third-order valence-electron chi connectivity index (χ3n) is 3.43. The lowest BCUT2D eigenvalue weighted by atomic mass is 10.1. The summed E-state index contributed by atoms with van der Waals surface area (Å²) in [5, 5.41) is 8.74. The Kier molecular flexibility index (Phi) is 5.31. The fourth-order valence-corrected chi connectivity index (χ4v) is 2.24. The Morgan fingerprint density at radius 2 is 2.20 bits per heavy atom. The van der Waals surface area contributed by atoms with Gasteiger partial charge in [0.15, 0.2) is 0 Å². The summed E-state index contributed by atoms with van der Waals surface area (Å²) in [4.78, 5) is 17.2. The normalized spacial score (nSPS) is 17.1. The number of hydrogen-bond donors (Lipinski definition) is 2. The zero-order chi connectivity index (χ0) is 14.4. The van der Waals surface area contributed by atoms with Crippen LogP contribution in [0.5, 0.6) is 5.88 Å². The number of aromatic nitrogens is 1. The molecule has 0 saturated carbocycles. The van der Waals surface area contributed by atoms with Crippen molar-refractivity contribution in [3.8, 4) is 5.88 Å². The van der Waals surface area contributed by atoms with Gasteiger partial charge in [-0.15, -0.1) is 0 Å². The van der Waals surface area contributed by atoms with E-state index in [1.165, 1.54) is 12.8 Å². The molecule has 6 nitrogen and oxygen atoms in total. The maximum absolute atomic E-state index is 10.7. The topological polar surface area (TPSA) is 88.7 Å². The van der Waals surface area contributed by atoms with Crippen LogP contribution in [0.15, 0.2) is 18.3 Å². The molecule has 110 valence electrons. The van der Waals surface area contributed by atoms with Gasteiger partial charge in [-0.1, -0.05) is 6.07 Å². The van der Waals surface area contributed by atoms with Crippen molar-refractivity contribution in [1.82, 2.24) is 9.88 Å².